The van der Waals surface area contributed by atoms with Crippen molar-refractivity contribution in [2.24, 2.45) is 0 Å². The number of ether oxygens (including phenoxy) is 2. The van der Waals surface area contributed by atoms with E-state index in [-0.39, 0.29) is 12.1 Å². The van der Waals surface area contributed by atoms with Crippen LogP contribution in [0.3, 0.4) is 0 Å². The third-order valence-electron chi connectivity index (χ3n) is 8.25. The van der Waals surface area contributed by atoms with Crippen molar-refractivity contribution in [3.63, 3.8) is 0 Å². The van der Waals surface area contributed by atoms with Crippen LogP contribution in [0.4, 0.5) is 0 Å². The Morgan fingerprint density at radius 3 is 1.95 bits per heavy atom. The van der Waals surface area contributed by atoms with Gasteiger partial charge in [0.05, 0.1) is 25.5 Å². The Bertz CT molecular complexity index is 1650. The first-order valence-corrected chi connectivity index (χ1v) is 14.2. The van der Waals surface area contributed by atoms with Gasteiger partial charge in [0.2, 0.25) is 0 Å². The summed E-state index contributed by atoms with van der Waals surface area (Å²) in [6.07, 6.45) is 2.51. The van der Waals surface area contributed by atoms with Gasteiger partial charge in [-0.25, -0.2) is 0 Å². The Labute approximate surface area is 239 Å². The van der Waals surface area contributed by atoms with Gasteiger partial charge < -0.3 is 14.8 Å². The molecule has 0 amide bonds. The van der Waals surface area contributed by atoms with E-state index in [0.717, 1.165) is 29.8 Å². The molecule has 2 heterocycles. The summed E-state index contributed by atoms with van der Waals surface area (Å²) in [5.74, 6) is 0. The van der Waals surface area contributed by atoms with Gasteiger partial charge in [-0.3, -0.25) is 0 Å². The first kappa shape index (κ1) is 25.6. The molecule has 6 heteroatoms. The highest BCUT2D eigenvalue weighted by Gasteiger charge is 2.47. The topological polar surface area (TPSA) is 72.1 Å². The number of fused-ring (bicyclic) bond motifs is 2. The summed E-state index contributed by atoms with van der Waals surface area (Å²) in [5.41, 5.74) is 3.49. The van der Waals surface area contributed by atoms with Gasteiger partial charge in [-0.2, -0.15) is 15.4 Å². The molecule has 6 aromatic rings. The number of H-pyrrole nitrogens is 1. The second-order valence-corrected chi connectivity index (χ2v) is 10.6. The minimum atomic E-state index is -0.743. The number of nitrogens with one attached hydrogen (secondary N) is 2. The molecule has 0 radical (unpaired) electrons. The normalized spacial score (nSPS) is 17.4. The van der Waals surface area contributed by atoms with Crippen LogP contribution in [0.5, 0.6) is 0 Å². The molecule has 0 spiro atoms. The molecule has 0 bridgehead atoms. The minimum absolute atomic E-state index is 0.0177. The fourth-order valence-corrected chi connectivity index (χ4v) is 6.30. The Balaban J connectivity index is 1.31. The Hall–Kier alpha value is -4.36. The van der Waals surface area contributed by atoms with Crippen molar-refractivity contribution in [1.29, 1.82) is 0 Å². The van der Waals surface area contributed by atoms with E-state index in [0.29, 0.717) is 13.2 Å². The summed E-state index contributed by atoms with van der Waals surface area (Å²) in [6.45, 7) is 1.60. The maximum Gasteiger partial charge on any atom is 0.134 e. The smallest absolute Gasteiger partial charge is 0.134 e. The molecule has 41 heavy (non-hydrogen) atoms. The summed E-state index contributed by atoms with van der Waals surface area (Å²) in [7, 11) is 0. The van der Waals surface area contributed by atoms with E-state index in [2.05, 4.69) is 136 Å². The number of benzene rings is 5. The molecular weight excluding hydrogens is 508 g/mol. The zero-order valence-corrected chi connectivity index (χ0v) is 22.7. The molecule has 0 unspecified atom stereocenters. The summed E-state index contributed by atoms with van der Waals surface area (Å²) >= 11 is 0. The number of rotatable bonds is 9. The molecule has 2 N–H and O–H groups in total. The molecule has 5 aromatic carbocycles. The molecule has 1 fully saturated rings. The van der Waals surface area contributed by atoms with Crippen LogP contribution in [0.25, 0.3) is 21.5 Å². The standard InChI is InChI=1S/C35H32N4O2/c1-3-13-27(14-4-1)35(28-15-5-2-6-16-28,34-20-30(22-36-34)40-23-29-21-37-39-38-29)41-24-33-31-17-9-7-11-25(31)19-26-12-8-10-18-32(26)33/h1-19,21,30,34,36H,20,22-24H2,(H,37,38,39)/t30-,34+/m1/s1. The van der Waals surface area contributed by atoms with Gasteiger partial charge in [0.15, 0.2) is 0 Å². The first-order valence-electron chi connectivity index (χ1n) is 14.2. The molecule has 204 valence electrons. The van der Waals surface area contributed by atoms with Gasteiger partial charge in [-0.05, 0) is 50.7 Å². The van der Waals surface area contributed by atoms with Crippen molar-refractivity contribution in [3.8, 4) is 0 Å². The van der Waals surface area contributed by atoms with Crippen molar-refractivity contribution in [1.82, 2.24) is 20.7 Å². The monoisotopic (exact) mass is 540 g/mol. The zero-order valence-electron chi connectivity index (χ0n) is 22.7. The van der Waals surface area contributed by atoms with Crippen LogP contribution in [-0.2, 0) is 28.3 Å². The fourth-order valence-electron chi connectivity index (χ4n) is 6.30. The van der Waals surface area contributed by atoms with Crippen LogP contribution in [0.2, 0.25) is 0 Å². The van der Waals surface area contributed by atoms with E-state index in [4.69, 9.17) is 9.47 Å². The Kier molecular flexibility index (Phi) is 7.03. The first-order chi connectivity index (χ1) is 20.3. The summed E-state index contributed by atoms with van der Waals surface area (Å²) in [6, 6.07) is 40.7. The molecule has 1 aliphatic rings. The van der Waals surface area contributed by atoms with E-state index >= 15 is 0 Å². The van der Waals surface area contributed by atoms with Crippen LogP contribution >= 0.6 is 0 Å². The highest BCUT2D eigenvalue weighted by Crippen LogP contribution is 2.42. The van der Waals surface area contributed by atoms with Crippen LogP contribution in [0.15, 0.2) is 121 Å². The van der Waals surface area contributed by atoms with Gasteiger partial charge in [0.25, 0.3) is 0 Å². The van der Waals surface area contributed by atoms with Crippen LogP contribution in [0, 0.1) is 0 Å². The molecule has 7 rings (SSSR count). The third kappa shape index (κ3) is 4.91. The van der Waals surface area contributed by atoms with Crippen molar-refractivity contribution in [2.75, 3.05) is 6.54 Å². The summed E-state index contributed by atoms with van der Waals surface area (Å²) < 4.78 is 13.6. The second-order valence-electron chi connectivity index (χ2n) is 10.6. The largest absolute Gasteiger partial charge is 0.370 e. The molecule has 0 aliphatic carbocycles. The van der Waals surface area contributed by atoms with Gasteiger partial charge in [-0.15, -0.1) is 0 Å². The molecule has 6 nitrogen and oxygen atoms in total. The number of hydrogen-bond acceptors (Lipinski definition) is 5. The number of hydrogen-bond donors (Lipinski definition) is 2. The Morgan fingerprint density at radius 2 is 1.34 bits per heavy atom. The predicted molar refractivity (Wildman–Crippen MR) is 161 cm³/mol. The van der Waals surface area contributed by atoms with E-state index in [9.17, 15) is 0 Å². The molecule has 1 saturated heterocycles. The predicted octanol–water partition coefficient (Wildman–Crippen LogP) is 6.52. The van der Waals surface area contributed by atoms with Crippen LogP contribution in [-0.4, -0.2) is 34.1 Å². The maximum atomic E-state index is 7.34. The third-order valence-corrected chi connectivity index (χ3v) is 8.25. The molecule has 1 aliphatic heterocycles. The van der Waals surface area contributed by atoms with Crippen LogP contribution in [0.1, 0.15) is 28.8 Å². The lowest BCUT2D eigenvalue weighted by Crippen LogP contribution is -2.48. The van der Waals surface area contributed by atoms with E-state index in [1.807, 2.05) is 0 Å². The van der Waals surface area contributed by atoms with E-state index < -0.39 is 5.60 Å². The molecular formula is C35H32N4O2. The van der Waals surface area contributed by atoms with Crippen molar-refractivity contribution in [2.45, 2.75) is 37.4 Å². The zero-order chi connectivity index (χ0) is 27.5. The molecule has 1 aromatic heterocycles. The number of aromatic amines is 1. The Morgan fingerprint density at radius 1 is 0.732 bits per heavy atom. The van der Waals surface area contributed by atoms with Crippen molar-refractivity contribution < 1.29 is 9.47 Å². The second kappa shape index (κ2) is 11.3. The van der Waals surface area contributed by atoms with Gasteiger partial charge in [0.1, 0.15) is 11.3 Å². The average molecular weight is 541 g/mol. The highest BCUT2D eigenvalue weighted by molar-refractivity contribution is 6.02. The quantitative estimate of drug-likeness (QED) is 0.204. The fraction of sp³-hybridized carbons (Fsp3) is 0.200. The number of nitrogens with zero attached hydrogens (tertiary/aromatic N) is 2. The lowest BCUT2D eigenvalue weighted by atomic mass is 9.79. The minimum Gasteiger partial charge on any atom is -0.370 e. The lowest BCUT2D eigenvalue weighted by molar-refractivity contribution is -0.0563. The summed E-state index contributed by atoms with van der Waals surface area (Å²) in [4.78, 5) is 0. The highest BCUT2D eigenvalue weighted by atomic mass is 16.5. The van der Waals surface area contributed by atoms with Crippen molar-refractivity contribution >= 4 is 21.5 Å². The molecule has 2 atom stereocenters. The maximum absolute atomic E-state index is 7.34. The van der Waals surface area contributed by atoms with Crippen LogP contribution < -0.4 is 5.32 Å². The summed E-state index contributed by atoms with van der Waals surface area (Å²) in [5, 5.41) is 19.4. The van der Waals surface area contributed by atoms with E-state index in [1.165, 1.54) is 27.1 Å². The number of aromatic nitrogens is 3. The van der Waals surface area contributed by atoms with Gasteiger partial charge in [-0.1, -0.05) is 109 Å². The van der Waals surface area contributed by atoms with Crippen molar-refractivity contribution in [3.05, 3.63) is 144 Å². The average Bonchev–Trinajstić information content (AvgIpc) is 3.74. The van der Waals surface area contributed by atoms with E-state index in [1.54, 1.807) is 6.20 Å². The van der Waals surface area contributed by atoms with Gasteiger partial charge in [0, 0.05) is 12.6 Å². The van der Waals surface area contributed by atoms with Gasteiger partial charge >= 0.3 is 0 Å². The SMILES string of the molecule is c1ccc(C(OCc2c3ccccc3cc3ccccc23)(c2ccccc2)[C@@H]2C[C@@H](OCc3cn[nH]n3)CN2)cc1. The lowest BCUT2D eigenvalue weighted by Gasteiger charge is -2.40. The molecule has 0 saturated carbocycles.